The van der Waals surface area contributed by atoms with Crippen molar-refractivity contribution in [1.82, 2.24) is 14.5 Å². The van der Waals surface area contributed by atoms with Crippen molar-refractivity contribution in [2.75, 3.05) is 11.9 Å². The van der Waals surface area contributed by atoms with Crippen molar-refractivity contribution >= 4 is 17.3 Å². The normalized spacial score (nSPS) is 10.9. The number of halogens is 2. The maximum Gasteiger partial charge on any atom is 0.123 e. The predicted octanol–water partition coefficient (Wildman–Crippen LogP) is 5.48. The average molecular weight is 421 g/mol. The highest BCUT2D eigenvalue weighted by Gasteiger charge is 2.12. The highest BCUT2D eigenvalue weighted by Crippen LogP contribution is 2.20. The second-order valence-corrected chi connectivity index (χ2v) is 7.62. The van der Waals surface area contributed by atoms with E-state index < -0.39 is 0 Å². The molecule has 152 valence electrons. The van der Waals surface area contributed by atoms with Crippen LogP contribution in [-0.4, -0.2) is 21.6 Å². The minimum atomic E-state index is -0.220. The van der Waals surface area contributed by atoms with Crippen LogP contribution in [0.3, 0.4) is 0 Å². The fourth-order valence-corrected chi connectivity index (χ4v) is 3.52. The minimum absolute atomic E-state index is 0.220. The first-order valence-electron chi connectivity index (χ1n) is 9.77. The molecule has 0 radical (unpaired) electrons. The molecule has 0 aliphatic heterocycles. The third-order valence-electron chi connectivity index (χ3n) is 4.99. The number of aryl methyl sites for hydroxylation is 2. The van der Waals surface area contributed by atoms with E-state index in [9.17, 15) is 4.39 Å². The van der Waals surface area contributed by atoms with Gasteiger partial charge in [-0.25, -0.2) is 9.37 Å². The molecular weight excluding hydrogens is 399 g/mol. The summed E-state index contributed by atoms with van der Waals surface area (Å²) in [7, 11) is 2.04. The lowest BCUT2D eigenvalue weighted by molar-refractivity contribution is 0.627. The molecule has 6 heteroatoms. The van der Waals surface area contributed by atoms with Gasteiger partial charge in [-0.3, -0.25) is 4.98 Å². The molecule has 0 aliphatic rings. The monoisotopic (exact) mass is 420 g/mol. The third kappa shape index (κ3) is 4.86. The number of pyridine rings is 1. The molecule has 0 bridgehead atoms. The Balaban J connectivity index is 1.59. The van der Waals surface area contributed by atoms with Crippen LogP contribution in [0.1, 0.15) is 17.1 Å². The summed E-state index contributed by atoms with van der Waals surface area (Å²) < 4.78 is 15.3. The summed E-state index contributed by atoms with van der Waals surface area (Å²) in [4.78, 5) is 11.1. The van der Waals surface area contributed by atoms with Crippen LogP contribution in [0.2, 0.25) is 5.02 Å². The number of benzene rings is 2. The molecule has 0 aliphatic carbocycles. The van der Waals surface area contributed by atoms with Crippen LogP contribution in [0, 0.1) is 5.82 Å². The van der Waals surface area contributed by atoms with Gasteiger partial charge < -0.3 is 9.47 Å². The lowest BCUT2D eigenvalue weighted by atomic mass is 10.1. The maximum absolute atomic E-state index is 13.2. The van der Waals surface area contributed by atoms with Crippen LogP contribution >= 0.6 is 11.6 Å². The van der Waals surface area contributed by atoms with Crippen LogP contribution in [0.15, 0.2) is 79.3 Å². The molecule has 0 saturated carbocycles. The zero-order valence-corrected chi connectivity index (χ0v) is 17.4. The van der Waals surface area contributed by atoms with E-state index in [1.165, 1.54) is 12.1 Å². The molecule has 0 N–H and O–H groups in total. The van der Waals surface area contributed by atoms with Crippen LogP contribution < -0.4 is 4.90 Å². The lowest BCUT2D eigenvalue weighted by Crippen LogP contribution is -2.16. The first-order chi connectivity index (χ1) is 14.6. The highest BCUT2D eigenvalue weighted by molar-refractivity contribution is 6.30. The van der Waals surface area contributed by atoms with Crippen molar-refractivity contribution < 1.29 is 4.39 Å². The van der Waals surface area contributed by atoms with E-state index in [1.807, 2.05) is 55.6 Å². The number of hydrogen-bond acceptors (Lipinski definition) is 3. The summed E-state index contributed by atoms with van der Waals surface area (Å²) >= 11 is 6.07. The van der Waals surface area contributed by atoms with Crippen LogP contribution in [0.4, 0.5) is 10.1 Å². The SMILES string of the molecule is CN(Cc1cn(-c2ccc(Cl)cc2)c(CCc2ccc(F)cc2)n1)c1ccncc1. The molecule has 0 unspecified atom stereocenters. The van der Waals surface area contributed by atoms with E-state index in [0.29, 0.717) is 11.6 Å². The van der Waals surface area contributed by atoms with Gasteiger partial charge in [0.15, 0.2) is 0 Å². The van der Waals surface area contributed by atoms with Crippen molar-refractivity contribution in [3.05, 3.63) is 107 Å². The Labute approximate surface area is 180 Å². The van der Waals surface area contributed by atoms with Gasteiger partial charge in [-0.15, -0.1) is 0 Å². The summed E-state index contributed by atoms with van der Waals surface area (Å²) in [5.41, 5.74) is 4.15. The molecule has 4 nitrogen and oxygen atoms in total. The van der Waals surface area contributed by atoms with Gasteiger partial charge in [0, 0.05) is 48.5 Å². The number of nitrogens with zero attached hydrogens (tertiary/aromatic N) is 4. The van der Waals surface area contributed by atoms with E-state index in [-0.39, 0.29) is 5.82 Å². The van der Waals surface area contributed by atoms with Gasteiger partial charge in [-0.1, -0.05) is 23.7 Å². The zero-order chi connectivity index (χ0) is 20.9. The van der Waals surface area contributed by atoms with E-state index in [2.05, 4.69) is 20.6 Å². The zero-order valence-electron chi connectivity index (χ0n) is 16.7. The molecular formula is C24H22ClFN4. The second kappa shape index (κ2) is 9.09. The van der Waals surface area contributed by atoms with E-state index in [0.717, 1.165) is 41.3 Å². The topological polar surface area (TPSA) is 34.0 Å². The highest BCUT2D eigenvalue weighted by atomic mass is 35.5. The third-order valence-corrected chi connectivity index (χ3v) is 5.24. The Bertz CT molecular complexity index is 1090. The van der Waals surface area contributed by atoms with Gasteiger partial charge in [0.25, 0.3) is 0 Å². The summed E-state index contributed by atoms with van der Waals surface area (Å²) in [6.07, 6.45) is 7.16. The molecule has 0 saturated heterocycles. The van der Waals surface area contributed by atoms with Gasteiger partial charge in [0.1, 0.15) is 11.6 Å². The van der Waals surface area contributed by atoms with Crippen molar-refractivity contribution in [3.8, 4) is 5.69 Å². The molecule has 4 aromatic rings. The minimum Gasteiger partial charge on any atom is -0.369 e. The van der Waals surface area contributed by atoms with Crippen molar-refractivity contribution in [2.45, 2.75) is 19.4 Å². The van der Waals surface area contributed by atoms with Crippen LogP contribution in [0.25, 0.3) is 5.69 Å². The quantitative estimate of drug-likeness (QED) is 0.397. The van der Waals surface area contributed by atoms with Gasteiger partial charge in [0.05, 0.1) is 12.2 Å². The molecule has 2 aromatic heterocycles. The van der Waals surface area contributed by atoms with Crippen LogP contribution in [0.5, 0.6) is 0 Å². The van der Waals surface area contributed by atoms with Crippen LogP contribution in [-0.2, 0) is 19.4 Å². The second-order valence-electron chi connectivity index (χ2n) is 7.18. The fraction of sp³-hybridized carbons (Fsp3) is 0.167. The van der Waals surface area contributed by atoms with Gasteiger partial charge in [-0.2, -0.15) is 0 Å². The Kier molecular flexibility index (Phi) is 6.10. The number of anilines is 1. The number of rotatable bonds is 7. The largest absolute Gasteiger partial charge is 0.369 e. The van der Waals surface area contributed by atoms with Gasteiger partial charge in [0.2, 0.25) is 0 Å². The Morgan fingerprint density at radius 1 is 0.933 bits per heavy atom. The molecule has 30 heavy (non-hydrogen) atoms. The van der Waals surface area contributed by atoms with E-state index >= 15 is 0 Å². The molecule has 0 spiro atoms. The summed E-state index contributed by atoms with van der Waals surface area (Å²) in [5, 5.41) is 0.698. The lowest BCUT2D eigenvalue weighted by Gasteiger charge is -2.17. The van der Waals surface area contributed by atoms with Gasteiger partial charge >= 0.3 is 0 Å². The van der Waals surface area contributed by atoms with Gasteiger partial charge in [-0.05, 0) is 60.5 Å². The standard InChI is InChI=1S/C24H22ClFN4/c1-29(22-12-14-27-15-13-22)16-21-17-30(23-9-5-19(25)6-10-23)24(28-21)11-4-18-2-7-20(26)8-3-18/h2-3,5-10,12-15,17H,4,11,16H2,1H3. The Morgan fingerprint density at radius 3 is 2.33 bits per heavy atom. The van der Waals surface area contributed by atoms with E-state index in [4.69, 9.17) is 16.6 Å². The Hall–Kier alpha value is -3.18. The van der Waals surface area contributed by atoms with Crippen molar-refractivity contribution in [1.29, 1.82) is 0 Å². The van der Waals surface area contributed by atoms with Crippen molar-refractivity contribution in [2.24, 2.45) is 0 Å². The summed E-state index contributed by atoms with van der Waals surface area (Å²) in [6, 6.07) is 18.3. The first-order valence-corrected chi connectivity index (χ1v) is 10.1. The molecule has 0 amide bonds. The first kappa shape index (κ1) is 20.1. The van der Waals surface area contributed by atoms with Crippen molar-refractivity contribution in [3.63, 3.8) is 0 Å². The fourth-order valence-electron chi connectivity index (χ4n) is 3.39. The smallest absolute Gasteiger partial charge is 0.123 e. The van der Waals surface area contributed by atoms with E-state index in [1.54, 1.807) is 12.4 Å². The molecule has 2 aromatic carbocycles. The number of aromatic nitrogens is 3. The molecule has 0 fully saturated rings. The Morgan fingerprint density at radius 2 is 1.63 bits per heavy atom. The summed E-state index contributed by atoms with van der Waals surface area (Å²) in [5.74, 6) is 0.739. The number of hydrogen-bond donors (Lipinski definition) is 0. The maximum atomic E-state index is 13.2. The molecule has 2 heterocycles. The molecule has 0 atom stereocenters. The summed E-state index contributed by atoms with van der Waals surface area (Å²) in [6.45, 7) is 0.675. The average Bonchev–Trinajstić information content (AvgIpc) is 3.17. The predicted molar refractivity (Wildman–Crippen MR) is 119 cm³/mol. The molecule has 4 rings (SSSR count). The number of imidazole rings is 1.